The fourth-order valence-corrected chi connectivity index (χ4v) is 2.07. The van der Waals surface area contributed by atoms with Crippen LogP contribution in [0.15, 0.2) is 24.3 Å². The summed E-state index contributed by atoms with van der Waals surface area (Å²) in [6.45, 7) is -0.217. The second kappa shape index (κ2) is 4.56. The maximum atomic E-state index is 12.2. The average molecular weight is 273 g/mol. The van der Waals surface area contributed by atoms with Crippen LogP contribution >= 0.6 is 0 Å². The monoisotopic (exact) mass is 273 g/mol. The van der Waals surface area contributed by atoms with Gasteiger partial charge in [0.1, 0.15) is 0 Å². The summed E-state index contributed by atoms with van der Waals surface area (Å²) in [6, 6.07) is 6.12. The van der Waals surface area contributed by atoms with Crippen LogP contribution in [0.1, 0.15) is 21.8 Å². The largest absolute Gasteiger partial charge is 0.478 e. The Hall–Kier alpha value is -2.05. The van der Waals surface area contributed by atoms with Crippen LogP contribution in [0.5, 0.6) is 0 Å². The van der Waals surface area contributed by atoms with Crippen LogP contribution < -0.4 is 0 Å². The van der Waals surface area contributed by atoms with Crippen LogP contribution in [0.4, 0.5) is 13.2 Å². The fourth-order valence-electron chi connectivity index (χ4n) is 2.07. The van der Waals surface area contributed by atoms with Gasteiger partial charge >= 0.3 is 18.1 Å². The molecule has 1 aliphatic rings. The molecule has 1 aliphatic heterocycles. The highest BCUT2D eigenvalue weighted by Crippen LogP contribution is 2.32. The predicted molar refractivity (Wildman–Crippen MR) is 58.8 cm³/mol. The Labute approximate surface area is 106 Å². The van der Waals surface area contributed by atoms with E-state index in [0.29, 0.717) is 10.5 Å². The van der Waals surface area contributed by atoms with Crippen LogP contribution in [-0.2, 0) is 4.79 Å². The van der Waals surface area contributed by atoms with Crippen LogP contribution in [-0.4, -0.2) is 41.1 Å². The number of nitrogens with zero attached hydrogens (tertiary/aromatic N) is 1. The number of halogens is 3. The lowest BCUT2D eigenvalue weighted by Gasteiger charge is -2.40. The number of alkyl halides is 3. The lowest BCUT2D eigenvalue weighted by atomic mass is 9.88. The Morgan fingerprint density at radius 1 is 1.21 bits per heavy atom. The number of rotatable bonds is 2. The zero-order valence-electron chi connectivity index (χ0n) is 9.65. The number of carbonyl (C=O) groups excluding carboxylic acids is 1. The lowest BCUT2D eigenvalue weighted by molar-refractivity contribution is -0.189. The van der Waals surface area contributed by atoms with Gasteiger partial charge < -0.3 is 10.0 Å². The van der Waals surface area contributed by atoms with E-state index >= 15 is 0 Å². The standard InChI is InChI=1S/C12H10F3NO3/c13-12(14,15)11(19)16-5-7(6-16)8-3-1-2-4-9(8)10(17)18/h1-4,7H,5-6H2,(H,17,18). The number of carboxylic acids is 1. The molecule has 0 aliphatic carbocycles. The van der Waals surface area contributed by atoms with Gasteiger partial charge in [0.15, 0.2) is 0 Å². The number of carbonyl (C=O) groups is 2. The SMILES string of the molecule is O=C(O)c1ccccc1C1CN(C(=O)C(F)(F)F)C1. The molecular weight excluding hydrogens is 263 g/mol. The minimum absolute atomic E-state index is 0.0617. The number of hydrogen-bond acceptors (Lipinski definition) is 2. The van der Waals surface area contributed by atoms with Crippen molar-refractivity contribution in [3.05, 3.63) is 35.4 Å². The molecule has 0 unspecified atom stereocenters. The van der Waals surface area contributed by atoms with Crippen molar-refractivity contribution >= 4 is 11.9 Å². The second-order valence-electron chi connectivity index (χ2n) is 4.30. The summed E-state index contributed by atoms with van der Waals surface area (Å²) in [4.78, 5) is 22.6. The van der Waals surface area contributed by atoms with Crippen molar-refractivity contribution < 1.29 is 27.9 Å². The first kappa shape index (κ1) is 13.4. The number of amides is 1. The molecule has 19 heavy (non-hydrogen) atoms. The van der Waals surface area contributed by atoms with Gasteiger partial charge in [0.05, 0.1) is 5.56 Å². The first-order valence-corrected chi connectivity index (χ1v) is 5.49. The summed E-state index contributed by atoms with van der Waals surface area (Å²) in [5.41, 5.74) is 0.521. The molecule has 0 bridgehead atoms. The summed E-state index contributed by atoms with van der Waals surface area (Å²) < 4.78 is 36.5. The Morgan fingerprint density at radius 3 is 2.32 bits per heavy atom. The molecule has 1 amide bonds. The van der Waals surface area contributed by atoms with Gasteiger partial charge in [-0.1, -0.05) is 18.2 Å². The van der Waals surface area contributed by atoms with Gasteiger partial charge in [0.25, 0.3) is 0 Å². The normalized spacial score (nSPS) is 16.1. The van der Waals surface area contributed by atoms with E-state index in [-0.39, 0.29) is 24.6 Å². The molecule has 1 heterocycles. The van der Waals surface area contributed by atoms with Gasteiger partial charge in [-0.05, 0) is 11.6 Å². The van der Waals surface area contributed by atoms with Crippen molar-refractivity contribution in [1.82, 2.24) is 4.90 Å². The average Bonchev–Trinajstić information content (AvgIpc) is 2.26. The van der Waals surface area contributed by atoms with Gasteiger partial charge in [-0.15, -0.1) is 0 Å². The van der Waals surface area contributed by atoms with Crippen molar-refractivity contribution in [3.63, 3.8) is 0 Å². The molecule has 0 saturated carbocycles. The van der Waals surface area contributed by atoms with E-state index in [0.717, 1.165) is 0 Å². The molecule has 1 fully saturated rings. The molecule has 0 atom stereocenters. The Kier molecular flexibility index (Phi) is 3.21. The fraction of sp³-hybridized carbons (Fsp3) is 0.333. The van der Waals surface area contributed by atoms with E-state index in [9.17, 15) is 22.8 Å². The molecular formula is C12H10F3NO3. The molecule has 0 radical (unpaired) electrons. The summed E-state index contributed by atoms with van der Waals surface area (Å²) in [6.07, 6.45) is -4.88. The molecule has 0 aromatic heterocycles. The molecule has 1 aromatic carbocycles. The third-order valence-corrected chi connectivity index (χ3v) is 3.04. The van der Waals surface area contributed by atoms with Gasteiger partial charge in [0.2, 0.25) is 0 Å². The molecule has 0 spiro atoms. The maximum Gasteiger partial charge on any atom is 0.471 e. The van der Waals surface area contributed by atoms with E-state index in [1.54, 1.807) is 18.2 Å². The lowest BCUT2D eigenvalue weighted by Crippen LogP contribution is -2.53. The molecule has 1 N–H and O–H groups in total. The third kappa shape index (κ3) is 2.54. The zero-order valence-corrected chi connectivity index (χ0v) is 9.65. The molecule has 1 saturated heterocycles. The molecule has 2 rings (SSSR count). The Morgan fingerprint density at radius 2 is 1.79 bits per heavy atom. The summed E-state index contributed by atoms with van der Waals surface area (Å²) >= 11 is 0. The first-order chi connectivity index (χ1) is 8.80. The van der Waals surface area contributed by atoms with E-state index in [4.69, 9.17) is 5.11 Å². The highest BCUT2D eigenvalue weighted by atomic mass is 19.4. The number of hydrogen-bond donors (Lipinski definition) is 1. The van der Waals surface area contributed by atoms with Crippen molar-refractivity contribution in [3.8, 4) is 0 Å². The number of aromatic carboxylic acids is 1. The Bertz CT molecular complexity index is 521. The topological polar surface area (TPSA) is 57.6 Å². The van der Waals surface area contributed by atoms with Crippen molar-refractivity contribution in [2.75, 3.05) is 13.1 Å². The third-order valence-electron chi connectivity index (χ3n) is 3.04. The van der Waals surface area contributed by atoms with Gasteiger partial charge in [-0.3, -0.25) is 4.79 Å². The van der Waals surface area contributed by atoms with Gasteiger partial charge in [-0.2, -0.15) is 13.2 Å². The zero-order chi connectivity index (χ0) is 14.2. The predicted octanol–water partition coefficient (Wildman–Crippen LogP) is 1.87. The van der Waals surface area contributed by atoms with Crippen LogP contribution in [0.3, 0.4) is 0 Å². The molecule has 4 nitrogen and oxygen atoms in total. The quantitative estimate of drug-likeness (QED) is 0.895. The van der Waals surface area contributed by atoms with Crippen LogP contribution in [0, 0.1) is 0 Å². The summed E-state index contributed by atoms with van der Waals surface area (Å²) in [5.74, 6) is -3.37. The molecule has 102 valence electrons. The highest BCUT2D eigenvalue weighted by Gasteiger charge is 2.47. The van der Waals surface area contributed by atoms with Crippen molar-refractivity contribution in [2.45, 2.75) is 12.1 Å². The number of benzene rings is 1. The number of likely N-dealkylation sites (tertiary alicyclic amines) is 1. The summed E-state index contributed by atoms with van der Waals surface area (Å²) in [7, 11) is 0. The van der Waals surface area contributed by atoms with Crippen molar-refractivity contribution in [1.29, 1.82) is 0 Å². The maximum absolute atomic E-state index is 12.2. The molecule has 1 aromatic rings. The van der Waals surface area contributed by atoms with E-state index in [1.807, 2.05) is 0 Å². The number of carboxylic acid groups (broad SMARTS) is 1. The van der Waals surface area contributed by atoms with Gasteiger partial charge in [0, 0.05) is 19.0 Å². The first-order valence-electron chi connectivity index (χ1n) is 5.49. The highest BCUT2D eigenvalue weighted by molar-refractivity contribution is 5.90. The van der Waals surface area contributed by atoms with Crippen LogP contribution in [0.25, 0.3) is 0 Å². The smallest absolute Gasteiger partial charge is 0.471 e. The second-order valence-corrected chi connectivity index (χ2v) is 4.30. The Balaban J connectivity index is 2.09. The van der Waals surface area contributed by atoms with E-state index < -0.39 is 18.1 Å². The van der Waals surface area contributed by atoms with E-state index in [1.165, 1.54) is 6.07 Å². The van der Waals surface area contributed by atoms with E-state index in [2.05, 4.69) is 0 Å². The van der Waals surface area contributed by atoms with Crippen molar-refractivity contribution in [2.24, 2.45) is 0 Å². The van der Waals surface area contributed by atoms with Crippen LogP contribution in [0.2, 0.25) is 0 Å². The van der Waals surface area contributed by atoms with Gasteiger partial charge in [-0.25, -0.2) is 4.79 Å². The minimum Gasteiger partial charge on any atom is -0.478 e. The molecule has 7 heteroatoms. The summed E-state index contributed by atoms with van der Waals surface area (Å²) in [5, 5.41) is 8.98. The minimum atomic E-state index is -4.88.